The van der Waals surface area contributed by atoms with Crippen molar-refractivity contribution in [3.05, 3.63) is 71.7 Å². The quantitative estimate of drug-likeness (QED) is 0.504. The van der Waals surface area contributed by atoms with Crippen molar-refractivity contribution in [2.75, 3.05) is 13.2 Å². The number of carbonyl (C=O) groups excluding carboxylic acids is 1. The van der Waals surface area contributed by atoms with Crippen LogP contribution < -0.4 is 10.2 Å². The molecule has 2 aromatic carbocycles. The normalized spacial score (nSPS) is 10.5. The lowest BCUT2D eigenvalue weighted by Gasteiger charge is -2.06. The van der Waals surface area contributed by atoms with Gasteiger partial charge in [0.25, 0.3) is 5.91 Å². The number of nitrogens with one attached hydrogen (secondary N) is 2. The number of aromatic nitrogens is 2. The number of nitrogens with zero attached hydrogens (tertiary/aromatic N) is 1. The third-order valence-corrected chi connectivity index (χ3v) is 3.64. The van der Waals surface area contributed by atoms with Crippen LogP contribution in [0, 0.1) is 12.7 Å². The Balaban J connectivity index is 1.48. The molecule has 7 heteroatoms. The summed E-state index contributed by atoms with van der Waals surface area (Å²) in [6, 6.07) is 15.5. The molecule has 1 aromatic heterocycles. The molecule has 0 unspecified atom stereocenters. The van der Waals surface area contributed by atoms with Crippen molar-refractivity contribution in [2.24, 2.45) is 0 Å². The van der Waals surface area contributed by atoms with Gasteiger partial charge in [-0.2, -0.15) is 5.10 Å². The van der Waals surface area contributed by atoms with Crippen LogP contribution in [0.5, 0.6) is 5.75 Å². The maximum atomic E-state index is 13.3. The van der Waals surface area contributed by atoms with E-state index < -0.39 is 5.91 Å². The van der Waals surface area contributed by atoms with Gasteiger partial charge in [-0.3, -0.25) is 14.7 Å². The van der Waals surface area contributed by atoms with Gasteiger partial charge in [0.1, 0.15) is 30.5 Å². The summed E-state index contributed by atoms with van der Waals surface area (Å²) in [5.41, 5.74) is 4.34. The molecule has 0 saturated carbocycles. The average Bonchev–Trinajstić information content (AvgIpc) is 3.15. The highest BCUT2D eigenvalue weighted by Gasteiger charge is 2.12. The number of H-pyrrole nitrogens is 1. The van der Waals surface area contributed by atoms with Gasteiger partial charge >= 0.3 is 0 Å². The van der Waals surface area contributed by atoms with Crippen LogP contribution in [0.3, 0.4) is 0 Å². The van der Waals surface area contributed by atoms with E-state index in [1.165, 1.54) is 6.07 Å². The Bertz CT molecular complexity index is 881. The number of rotatable bonds is 7. The second kappa shape index (κ2) is 8.26. The fourth-order valence-corrected chi connectivity index (χ4v) is 2.28. The molecule has 1 amide bonds. The van der Waals surface area contributed by atoms with Gasteiger partial charge in [0.2, 0.25) is 0 Å². The minimum atomic E-state index is -0.456. The summed E-state index contributed by atoms with van der Waals surface area (Å²) in [4.78, 5) is 17.1. The van der Waals surface area contributed by atoms with Crippen molar-refractivity contribution in [1.82, 2.24) is 15.7 Å². The molecule has 0 aliphatic heterocycles. The number of hydrogen-bond donors (Lipinski definition) is 2. The maximum absolute atomic E-state index is 13.3. The van der Waals surface area contributed by atoms with Crippen molar-refractivity contribution in [3.63, 3.8) is 0 Å². The fourth-order valence-electron chi connectivity index (χ4n) is 2.28. The number of aromatic amines is 1. The standard InChI is InChI=1S/C19H18FN3O3/c1-13-11-14(7-8-16(13)20)17-12-18(22-21-17)19(24)23-26-10-9-25-15-5-3-2-4-6-15/h2-8,11-12H,9-10H2,1H3,(H,21,22)(H,23,24). The van der Waals surface area contributed by atoms with E-state index in [1.54, 1.807) is 25.1 Å². The Morgan fingerprint density at radius 2 is 1.96 bits per heavy atom. The number of hydrogen-bond acceptors (Lipinski definition) is 4. The summed E-state index contributed by atoms with van der Waals surface area (Å²) in [5.74, 6) is -0.00843. The minimum Gasteiger partial charge on any atom is -0.491 e. The molecule has 2 N–H and O–H groups in total. The highest BCUT2D eigenvalue weighted by Crippen LogP contribution is 2.20. The van der Waals surface area contributed by atoms with Crippen LogP contribution in [0.2, 0.25) is 0 Å². The van der Waals surface area contributed by atoms with E-state index in [1.807, 2.05) is 30.3 Å². The molecular formula is C19H18FN3O3. The smallest absolute Gasteiger partial charge is 0.292 e. The number of halogens is 1. The second-order valence-electron chi connectivity index (χ2n) is 5.57. The lowest BCUT2D eigenvalue weighted by Crippen LogP contribution is -2.26. The molecular weight excluding hydrogens is 337 g/mol. The van der Waals surface area contributed by atoms with Gasteiger partial charge in [-0.1, -0.05) is 18.2 Å². The van der Waals surface area contributed by atoms with E-state index in [9.17, 15) is 9.18 Å². The van der Waals surface area contributed by atoms with Gasteiger partial charge in [-0.15, -0.1) is 0 Å². The number of ether oxygens (including phenoxy) is 1. The van der Waals surface area contributed by atoms with E-state index >= 15 is 0 Å². The zero-order chi connectivity index (χ0) is 18.4. The summed E-state index contributed by atoms with van der Waals surface area (Å²) < 4.78 is 18.8. The first kappa shape index (κ1) is 17.6. The number of benzene rings is 2. The van der Waals surface area contributed by atoms with E-state index in [-0.39, 0.29) is 18.1 Å². The number of aryl methyl sites for hydroxylation is 1. The summed E-state index contributed by atoms with van der Waals surface area (Å²) in [6.07, 6.45) is 0. The van der Waals surface area contributed by atoms with Crippen molar-refractivity contribution >= 4 is 5.91 Å². The molecule has 0 saturated heterocycles. The van der Waals surface area contributed by atoms with E-state index in [2.05, 4.69) is 15.7 Å². The Morgan fingerprint density at radius 3 is 2.73 bits per heavy atom. The molecule has 1 heterocycles. The van der Waals surface area contributed by atoms with Crippen molar-refractivity contribution < 1.29 is 18.8 Å². The van der Waals surface area contributed by atoms with Gasteiger partial charge in [0.15, 0.2) is 0 Å². The van der Waals surface area contributed by atoms with Gasteiger partial charge in [0.05, 0.1) is 5.69 Å². The van der Waals surface area contributed by atoms with Gasteiger partial charge in [-0.25, -0.2) is 9.87 Å². The average molecular weight is 355 g/mol. The van der Waals surface area contributed by atoms with Crippen LogP contribution in [0.4, 0.5) is 4.39 Å². The zero-order valence-electron chi connectivity index (χ0n) is 14.2. The van der Waals surface area contributed by atoms with E-state index in [0.29, 0.717) is 17.9 Å². The molecule has 0 fully saturated rings. The lowest BCUT2D eigenvalue weighted by atomic mass is 10.1. The topological polar surface area (TPSA) is 76.2 Å². The third kappa shape index (κ3) is 4.46. The van der Waals surface area contributed by atoms with Crippen LogP contribution in [-0.2, 0) is 4.84 Å². The minimum absolute atomic E-state index is 0.193. The summed E-state index contributed by atoms with van der Waals surface area (Å²) in [7, 11) is 0. The first-order valence-corrected chi connectivity index (χ1v) is 8.05. The van der Waals surface area contributed by atoms with Crippen LogP contribution >= 0.6 is 0 Å². The molecule has 0 spiro atoms. The highest BCUT2D eigenvalue weighted by molar-refractivity contribution is 5.92. The Hall–Kier alpha value is -3.19. The number of amides is 1. The first-order valence-electron chi connectivity index (χ1n) is 8.05. The van der Waals surface area contributed by atoms with E-state index in [4.69, 9.17) is 9.57 Å². The first-order chi connectivity index (χ1) is 12.6. The molecule has 3 aromatic rings. The monoisotopic (exact) mass is 355 g/mol. The van der Waals surface area contributed by atoms with Crippen molar-refractivity contribution in [1.29, 1.82) is 0 Å². The van der Waals surface area contributed by atoms with Gasteiger partial charge in [0, 0.05) is 5.56 Å². The van der Waals surface area contributed by atoms with Crippen molar-refractivity contribution in [3.8, 4) is 17.0 Å². The van der Waals surface area contributed by atoms with Gasteiger partial charge < -0.3 is 4.74 Å². The molecule has 26 heavy (non-hydrogen) atoms. The molecule has 3 rings (SSSR count). The van der Waals surface area contributed by atoms with Crippen LogP contribution in [-0.4, -0.2) is 29.3 Å². The predicted octanol–water partition coefficient (Wildman–Crippen LogP) is 3.26. The molecule has 0 atom stereocenters. The summed E-state index contributed by atoms with van der Waals surface area (Å²) in [5, 5.41) is 6.71. The number of para-hydroxylation sites is 1. The SMILES string of the molecule is Cc1cc(-c2cc(C(=O)NOCCOc3ccccc3)[nH]n2)ccc1F. The highest BCUT2D eigenvalue weighted by atomic mass is 19.1. The molecule has 0 aliphatic rings. The van der Waals surface area contributed by atoms with Gasteiger partial charge in [-0.05, 0) is 48.9 Å². The zero-order valence-corrected chi connectivity index (χ0v) is 14.2. The number of hydroxylamine groups is 1. The Morgan fingerprint density at radius 1 is 1.15 bits per heavy atom. The largest absolute Gasteiger partial charge is 0.491 e. The summed E-state index contributed by atoms with van der Waals surface area (Å²) >= 11 is 0. The Kier molecular flexibility index (Phi) is 5.60. The third-order valence-electron chi connectivity index (χ3n) is 3.64. The molecule has 134 valence electrons. The molecule has 0 bridgehead atoms. The summed E-state index contributed by atoms with van der Waals surface area (Å²) in [6.45, 7) is 2.16. The molecule has 0 radical (unpaired) electrons. The fraction of sp³-hybridized carbons (Fsp3) is 0.158. The predicted molar refractivity (Wildman–Crippen MR) is 94.1 cm³/mol. The van der Waals surface area contributed by atoms with Crippen LogP contribution in [0.25, 0.3) is 11.3 Å². The van der Waals surface area contributed by atoms with Crippen LogP contribution in [0.1, 0.15) is 16.1 Å². The Labute approximate surface area is 149 Å². The number of carbonyl (C=O) groups is 1. The molecule has 6 nitrogen and oxygen atoms in total. The second-order valence-corrected chi connectivity index (χ2v) is 5.57. The van der Waals surface area contributed by atoms with Crippen LogP contribution in [0.15, 0.2) is 54.6 Å². The lowest BCUT2D eigenvalue weighted by molar-refractivity contribution is 0.0196. The molecule has 0 aliphatic carbocycles. The van der Waals surface area contributed by atoms with E-state index in [0.717, 1.165) is 11.3 Å². The maximum Gasteiger partial charge on any atom is 0.292 e. The van der Waals surface area contributed by atoms with Crippen molar-refractivity contribution in [2.45, 2.75) is 6.92 Å².